The standard InChI is InChI=1S/C13H16BrFN2O/c1-8-7-16-6-5-11(8)17-13(18)12-9(14)3-2-4-10(12)15/h2-4,8,11,16H,5-7H2,1H3,(H,17,18). The molecule has 0 radical (unpaired) electrons. The Kier molecular flexibility index (Phi) is 4.35. The summed E-state index contributed by atoms with van der Waals surface area (Å²) in [4.78, 5) is 12.1. The molecule has 0 aliphatic carbocycles. The van der Waals surface area contributed by atoms with Crippen molar-refractivity contribution in [2.75, 3.05) is 13.1 Å². The smallest absolute Gasteiger partial charge is 0.255 e. The third-order valence-electron chi connectivity index (χ3n) is 3.29. The van der Waals surface area contributed by atoms with Crippen LogP contribution in [0.4, 0.5) is 4.39 Å². The molecule has 1 saturated heterocycles. The lowest BCUT2D eigenvalue weighted by Gasteiger charge is -2.30. The summed E-state index contributed by atoms with van der Waals surface area (Å²) in [6.07, 6.45) is 0.874. The van der Waals surface area contributed by atoms with Gasteiger partial charge in [0.2, 0.25) is 0 Å². The fourth-order valence-corrected chi connectivity index (χ4v) is 2.71. The van der Waals surface area contributed by atoms with E-state index in [1.54, 1.807) is 12.1 Å². The molecule has 1 heterocycles. The molecular weight excluding hydrogens is 299 g/mol. The zero-order valence-electron chi connectivity index (χ0n) is 10.2. The fourth-order valence-electron chi connectivity index (χ4n) is 2.18. The van der Waals surface area contributed by atoms with Crippen LogP contribution in [-0.4, -0.2) is 25.0 Å². The first-order valence-corrected chi connectivity index (χ1v) is 6.84. The molecule has 18 heavy (non-hydrogen) atoms. The summed E-state index contributed by atoms with van der Waals surface area (Å²) in [6, 6.07) is 4.64. The predicted molar refractivity (Wildman–Crippen MR) is 72.0 cm³/mol. The highest BCUT2D eigenvalue weighted by atomic mass is 79.9. The first kappa shape index (κ1) is 13.5. The van der Waals surface area contributed by atoms with E-state index in [0.29, 0.717) is 10.4 Å². The van der Waals surface area contributed by atoms with Gasteiger partial charge in [-0.15, -0.1) is 0 Å². The van der Waals surface area contributed by atoms with Crippen molar-refractivity contribution < 1.29 is 9.18 Å². The highest BCUT2D eigenvalue weighted by Crippen LogP contribution is 2.20. The quantitative estimate of drug-likeness (QED) is 0.879. The lowest BCUT2D eigenvalue weighted by atomic mass is 9.95. The molecule has 3 nitrogen and oxygen atoms in total. The van der Waals surface area contributed by atoms with Gasteiger partial charge in [-0.1, -0.05) is 13.0 Å². The van der Waals surface area contributed by atoms with Gasteiger partial charge >= 0.3 is 0 Å². The van der Waals surface area contributed by atoms with Crippen LogP contribution in [0.1, 0.15) is 23.7 Å². The number of halogens is 2. The van der Waals surface area contributed by atoms with E-state index in [4.69, 9.17) is 0 Å². The maximum Gasteiger partial charge on any atom is 0.255 e. The molecular formula is C13H16BrFN2O. The lowest BCUT2D eigenvalue weighted by molar-refractivity contribution is 0.0909. The zero-order chi connectivity index (χ0) is 13.1. The average molecular weight is 315 g/mol. The Morgan fingerprint density at radius 3 is 3.00 bits per heavy atom. The Balaban J connectivity index is 2.12. The van der Waals surface area contributed by atoms with Crippen molar-refractivity contribution in [3.8, 4) is 0 Å². The van der Waals surface area contributed by atoms with Gasteiger partial charge in [-0.05, 0) is 53.5 Å². The van der Waals surface area contributed by atoms with Crippen LogP contribution in [0.2, 0.25) is 0 Å². The van der Waals surface area contributed by atoms with Gasteiger partial charge in [-0.25, -0.2) is 4.39 Å². The third kappa shape index (κ3) is 2.90. The van der Waals surface area contributed by atoms with Crippen LogP contribution < -0.4 is 10.6 Å². The average Bonchev–Trinajstić information content (AvgIpc) is 2.32. The van der Waals surface area contributed by atoms with E-state index in [2.05, 4.69) is 33.5 Å². The second-order valence-corrected chi connectivity index (χ2v) is 5.50. The summed E-state index contributed by atoms with van der Waals surface area (Å²) < 4.78 is 14.1. The summed E-state index contributed by atoms with van der Waals surface area (Å²) in [6.45, 7) is 3.84. The Bertz CT molecular complexity index is 432. The van der Waals surface area contributed by atoms with Gasteiger partial charge in [0.05, 0.1) is 5.56 Å². The molecule has 2 unspecified atom stereocenters. The maximum absolute atomic E-state index is 13.6. The number of carbonyl (C=O) groups excluding carboxylic acids is 1. The molecule has 5 heteroatoms. The first-order chi connectivity index (χ1) is 8.59. The molecule has 0 spiro atoms. The van der Waals surface area contributed by atoms with Gasteiger partial charge in [-0.2, -0.15) is 0 Å². The van der Waals surface area contributed by atoms with Gasteiger partial charge in [0, 0.05) is 10.5 Å². The van der Waals surface area contributed by atoms with E-state index in [-0.39, 0.29) is 17.5 Å². The number of hydrogen-bond donors (Lipinski definition) is 2. The molecule has 1 fully saturated rings. The SMILES string of the molecule is CC1CNCCC1NC(=O)c1c(F)cccc1Br. The summed E-state index contributed by atoms with van der Waals surface area (Å²) >= 11 is 3.21. The van der Waals surface area contributed by atoms with Crippen molar-refractivity contribution in [1.29, 1.82) is 0 Å². The number of nitrogens with one attached hydrogen (secondary N) is 2. The molecule has 1 aliphatic rings. The monoisotopic (exact) mass is 314 g/mol. The molecule has 0 bridgehead atoms. The minimum Gasteiger partial charge on any atom is -0.349 e. The van der Waals surface area contributed by atoms with Crippen LogP contribution in [-0.2, 0) is 0 Å². The minimum absolute atomic E-state index is 0.0863. The van der Waals surface area contributed by atoms with Crippen LogP contribution in [0, 0.1) is 11.7 Å². The summed E-state index contributed by atoms with van der Waals surface area (Å²) in [5, 5.41) is 6.18. The number of piperidine rings is 1. The summed E-state index contributed by atoms with van der Waals surface area (Å²) in [5.74, 6) is -0.490. The third-order valence-corrected chi connectivity index (χ3v) is 3.95. The summed E-state index contributed by atoms with van der Waals surface area (Å²) in [5.41, 5.74) is 0.0863. The van der Waals surface area contributed by atoms with E-state index >= 15 is 0 Å². The van der Waals surface area contributed by atoms with Crippen molar-refractivity contribution in [2.45, 2.75) is 19.4 Å². The Morgan fingerprint density at radius 2 is 2.33 bits per heavy atom. The maximum atomic E-state index is 13.6. The lowest BCUT2D eigenvalue weighted by Crippen LogP contribution is -2.48. The van der Waals surface area contributed by atoms with Crippen molar-refractivity contribution >= 4 is 21.8 Å². The molecule has 1 amide bonds. The Labute approximate surface area is 114 Å². The van der Waals surface area contributed by atoms with E-state index < -0.39 is 5.82 Å². The second kappa shape index (κ2) is 5.80. The number of hydrogen-bond acceptors (Lipinski definition) is 2. The first-order valence-electron chi connectivity index (χ1n) is 6.05. The van der Waals surface area contributed by atoms with Gasteiger partial charge in [0.15, 0.2) is 0 Å². The highest BCUT2D eigenvalue weighted by Gasteiger charge is 2.25. The Hall–Kier alpha value is -0.940. The van der Waals surface area contributed by atoms with Crippen LogP contribution in [0.25, 0.3) is 0 Å². The van der Waals surface area contributed by atoms with Crippen molar-refractivity contribution in [3.05, 3.63) is 34.1 Å². The van der Waals surface area contributed by atoms with Gasteiger partial charge in [0.25, 0.3) is 5.91 Å². The van der Waals surface area contributed by atoms with Crippen molar-refractivity contribution in [3.63, 3.8) is 0 Å². The van der Waals surface area contributed by atoms with E-state index in [9.17, 15) is 9.18 Å². The molecule has 0 aromatic heterocycles. The molecule has 98 valence electrons. The number of rotatable bonds is 2. The van der Waals surface area contributed by atoms with Crippen molar-refractivity contribution in [1.82, 2.24) is 10.6 Å². The molecule has 1 aliphatic heterocycles. The molecule has 1 aromatic carbocycles. The molecule has 2 atom stereocenters. The normalized spacial score (nSPS) is 23.7. The zero-order valence-corrected chi connectivity index (χ0v) is 11.8. The van der Waals surface area contributed by atoms with E-state index in [1.807, 2.05) is 0 Å². The van der Waals surface area contributed by atoms with Crippen LogP contribution in [0.15, 0.2) is 22.7 Å². The fraction of sp³-hybridized carbons (Fsp3) is 0.462. The van der Waals surface area contributed by atoms with E-state index in [0.717, 1.165) is 19.5 Å². The van der Waals surface area contributed by atoms with Gasteiger partial charge in [0.1, 0.15) is 5.82 Å². The molecule has 2 rings (SSSR count). The van der Waals surface area contributed by atoms with Crippen LogP contribution in [0.5, 0.6) is 0 Å². The Morgan fingerprint density at radius 1 is 1.56 bits per heavy atom. The second-order valence-electron chi connectivity index (χ2n) is 4.65. The van der Waals surface area contributed by atoms with Crippen LogP contribution in [0.3, 0.4) is 0 Å². The topological polar surface area (TPSA) is 41.1 Å². The minimum atomic E-state index is -0.497. The number of amides is 1. The van der Waals surface area contributed by atoms with Crippen LogP contribution >= 0.6 is 15.9 Å². The van der Waals surface area contributed by atoms with Crippen molar-refractivity contribution in [2.24, 2.45) is 5.92 Å². The largest absolute Gasteiger partial charge is 0.349 e. The summed E-state index contributed by atoms with van der Waals surface area (Å²) in [7, 11) is 0. The van der Waals surface area contributed by atoms with Gasteiger partial charge < -0.3 is 10.6 Å². The number of benzene rings is 1. The highest BCUT2D eigenvalue weighted by molar-refractivity contribution is 9.10. The predicted octanol–water partition coefficient (Wildman–Crippen LogP) is 2.32. The molecule has 1 aromatic rings. The molecule has 2 N–H and O–H groups in total. The van der Waals surface area contributed by atoms with E-state index in [1.165, 1.54) is 6.07 Å². The van der Waals surface area contributed by atoms with Gasteiger partial charge in [-0.3, -0.25) is 4.79 Å². The molecule has 0 saturated carbocycles. The number of carbonyl (C=O) groups is 1.